The lowest BCUT2D eigenvalue weighted by atomic mass is 9.98. The van der Waals surface area contributed by atoms with Gasteiger partial charge in [-0.25, -0.2) is 9.59 Å². The van der Waals surface area contributed by atoms with Crippen molar-refractivity contribution in [3.63, 3.8) is 0 Å². The second-order valence-electron chi connectivity index (χ2n) is 3.41. The molecule has 10 heteroatoms. The molecule has 2 N–H and O–H groups in total. The van der Waals surface area contributed by atoms with Crippen LogP contribution < -0.4 is 0 Å². The van der Waals surface area contributed by atoms with Crippen LogP contribution in [0.15, 0.2) is 6.07 Å². The molecule has 0 amide bonds. The smallest absolute Gasteiger partial charge is 0.343 e. The van der Waals surface area contributed by atoms with Crippen molar-refractivity contribution in [2.75, 3.05) is 0 Å². The number of carboxylic acid groups (broad SMARTS) is 2. The number of benzene rings is 1. The van der Waals surface area contributed by atoms with Crippen molar-refractivity contribution >= 4 is 23.3 Å². The molecule has 1 aromatic rings. The van der Waals surface area contributed by atoms with Crippen LogP contribution in [0.25, 0.3) is 0 Å². The van der Waals surface area contributed by atoms with Crippen LogP contribution >= 0.6 is 0 Å². The molecular formula is C9H6N2O8. The van der Waals surface area contributed by atoms with Gasteiger partial charge in [0.25, 0.3) is 11.4 Å². The molecule has 0 heterocycles. The molecule has 0 bridgehead atoms. The van der Waals surface area contributed by atoms with Gasteiger partial charge in [0.05, 0.1) is 15.9 Å². The number of carbonyl (C=O) groups is 2. The van der Waals surface area contributed by atoms with Gasteiger partial charge in [-0.3, -0.25) is 20.2 Å². The highest BCUT2D eigenvalue weighted by atomic mass is 16.6. The van der Waals surface area contributed by atoms with Gasteiger partial charge in [0.15, 0.2) is 0 Å². The van der Waals surface area contributed by atoms with Gasteiger partial charge in [-0.1, -0.05) is 0 Å². The number of nitrogens with zero attached hydrogens (tertiary/aromatic N) is 2. The highest BCUT2D eigenvalue weighted by Gasteiger charge is 2.34. The molecule has 0 fully saturated rings. The number of rotatable bonds is 4. The van der Waals surface area contributed by atoms with Crippen molar-refractivity contribution < 1.29 is 29.6 Å². The molecule has 0 unspecified atom stereocenters. The van der Waals surface area contributed by atoms with E-state index in [9.17, 15) is 29.8 Å². The summed E-state index contributed by atoms with van der Waals surface area (Å²) in [5.41, 5.74) is -4.36. The average Bonchev–Trinajstić information content (AvgIpc) is 2.25. The molecule has 19 heavy (non-hydrogen) atoms. The summed E-state index contributed by atoms with van der Waals surface area (Å²) >= 11 is 0. The quantitative estimate of drug-likeness (QED) is 0.609. The monoisotopic (exact) mass is 270 g/mol. The van der Waals surface area contributed by atoms with Gasteiger partial charge < -0.3 is 10.2 Å². The number of hydrogen-bond acceptors (Lipinski definition) is 6. The maximum atomic E-state index is 10.9. The van der Waals surface area contributed by atoms with Crippen LogP contribution in [0, 0.1) is 27.2 Å². The van der Waals surface area contributed by atoms with Gasteiger partial charge >= 0.3 is 11.9 Å². The molecule has 0 spiro atoms. The Balaban J connectivity index is 3.91. The summed E-state index contributed by atoms with van der Waals surface area (Å²) in [4.78, 5) is 41.1. The van der Waals surface area contributed by atoms with E-state index in [-0.39, 0.29) is 0 Å². The molecule has 10 nitrogen and oxygen atoms in total. The predicted molar refractivity (Wildman–Crippen MR) is 58.4 cm³/mol. The van der Waals surface area contributed by atoms with E-state index in [1.165, 1.54) is 0 Å². The molecule has 0 aliphatic heterocycles. The Morgan fingerprint density at radius 1 is 1.00 bits per heavy atom. The van der Waals surface area contributed by atoms with Crippen LogP contribution in [0.2, 0.25) is 0 Å². The summed E-state index contributed by atoms with van der Waals surface area (Å²) in [6.45, 7) is 0.965. The molecule has 0 atom stereocenters. The van der Waals surface area contributed by atoms with Gasteiger partial charge in [0, 0.05) is 0 Å². The Hall–Kier alpha value is -3.04. The lowest BCUT2D eigenvalue weighted by Crippen LogP contribution is -2.13. The zero-order chi connectivity index (χ0) is 14.9. The highest BCUT2D eigenvalue weighted by Crippen LogP contribution is 2.33. The second kappa shape index (κ2) is 4.68. The van der Waals surface area contributed by atoms with E-state index in [0.29, 0.717) is 6.07 Å². The number of carboxylic acids is 2. The fourth-order valence-electron chi connectivity index (χ4n) is 1.61. The van der Waals surface area contributed by atoms with Gasteiger partial charge in [-0.15, -0.1) is 0 Å². The molecule has 0 saturated heterocycles. The van der Waals surface area contributed by atoms with Crippen molar-refractivity contribution in [2.24, 2.45) is 0 Å². The van der Waals surface area contributed by atoms with E-state index in [4.69, 9.17) is 10.2 Å². The Kier molecular flexibility index (Phi) is 3.45. The van der Waals surface area contributed by atoms with E-state index in [1.807, 2.05) is 0 Å². The maximum Gasteiger partial charge on any atom is 0.343 e. The summed E-state index contributed by atoms with van der Waals surface area (Å²) in [6.07, 6.45) is 0. The zero-order valence-electron chi connectivity index (χ0n) is 9.32. The van der Waals surface area contributed by atoms with Crippen molar-refractivity contribution in [2.45, 2.75) is 6.92 Å². The first-order valence-corrected chi connectivity index (χ1v) is 4.61. The molecular weight excluding hydrogens is 264 g/mol. The third kappa shape index (κ3) is 2.31. The van der Waals surface area contributed by atoms with Gasteiger partial charge in [0.2, 0.25) is 0 Å². The first kappa shape index (κ1) is 14.0. The molecule has 1 aromatic carbocycles. The largest absolute Gasteiger partial charge is 0.477 e. The third-order valence-electron chi connectivity index (χ3n) is 2.36. The average molecular weight is 270 g/mol. The number of aromatic carboxylic acids is 2. The van der Waals surface area contributed by atoms with Gasteiger partial charge in [-0.2, -0.15) is 0 Å². The normalized spacial score (nSPS) is 9.95. The molecule has 0 saturated carbocycles. The van der Waals surface area contributed by atoms with E-state index >= 15 is 0 Å². The number of nitro groups is 2. The van der Waals surface area contributed by atoms with Crippen molar-refractivity contribution in [1.82, 2.24) is 0 Å². The van der Waals surface area contributed by atoms with E-state index in [2.05, 4.69) is 0 Å². The van der Waals surface area contributed by atoms with E-state index in [1.54, 1.807) is 0 Å². The lowest BCUT2D eigenvalue weighted by Gasteiger charge is -2.06. The summed E-state index contributed by atoms with van der Waals surface area (Å²) in [5.74, 6) is -3.47. The van der Waals surface area contributed by atoms with Gasteiger partial charge in [0.1, 0.15) is 11.1 Å². The van der Waals surface area contributed by atoms with Crippen LogP contribution in [-0.2, 0) is 0 Å². The SMILES string of the molecule is Cc1c(C(=O)O)c([N+](=O)[O-])cc([N+](=O)[O-])c1C(=O)O. The molecule has 100 valence electrons. The minimum absolute atomic E-state index is 0.333. The highest BCUT2D eigenvalue weighted by molar-refractivity contribution is 6.02. The Morgan fingerprint density at radius 3 is 1.53 bits per heavy atom. The van der Waals surface area contributed by atoms with Crippen molar-refractivity contribution in [3.8, 4) is 0 Å². The molecule has 1 rings (SSSR count). The Bertz CT molecular complexity index is 571. The topological polar surface area (TPSA) is 161 Å². The number of hydrogen-bond donors (Lipinski definition) is 2. The molecule has 0 aliphatic carbocycles. The van der Waals surface area contributed by atoms with E-state index < -0.39 is 49.9 Å². The van der Waals surface area contributed by atoms with Crippen LogP contribution in [0.1, 0.15) is 26.3 Å². The van der Waals surface area contributed by atoms with Crippen LogP contribution in [-0.4, -0.2) is 32.0 Å². The van der Waals surface area contributed by atoms with Crippen LogP contribution in [0.3, 0.4) is 0 Å². The fourth-order valence-corrected chi connectivity index (χ4v) is 1.61. The lowest BCUT2D eigenvalue weighted by molar-refractivity contribution is -0.394. The molecule has 0 radical (unpaired) electrons. The van der Waals surface area contributed by atoms with Crippen molar-refractivity contribution in [3.05, 3.63) is 43.0 Å². The Morgan fingerprint density at radius 2 is 1.32 bits per heavy atom. The maximum absolute atomic E-state index is 10.9. The van der Waals surface area contributed by atoms with Crippen LogP contribution in [0.5, 0.6) is 0 Å². The third-order valence-corrected chi connectivity index (χ3v) is 2.36. The van der Waals surface area contributed by atoms with Crippen LogP contribution in [0.4, 0.5) is 11.4 Å². The van der Waals surface area contributed by atoms with Gasteiger partial charge in [-0.05, 0) is 12.5 Å². The predicted octanol–water partition coefficient (Wildman–Crippen LogP) is 1.21. The molecule has 0 aliphatic rings. The summed E-state index contributed by atoms with van der Waals surface area (Å²) < 4.78 is 0. The fraction of sp³-hybridized carbons (Fsp3) is 0.111. The van der Waals surface area contributed by atoms with Crippen molar-refractivity contribution in [1.29, 1.82) is 0 Å². The standard InChI is InChI=1S/C9H6N2O8/c1-3-6(8(12)13)4(10(16)17)2-5(11(18)19)7(3)9(14)15/h2H,1H3,(H,12,13)(H,14,15). The van der Waals surface area contributed by atoms with E-state index in [0.717, 1.165) is 6.92 Å². The minimum Gasteiger partial charge on any atom is -0.477 e. The Labute approximate surface area is 104 Å². The minimum atomic E-state index is -1.73. The summed E-state index contributed by atoms with van der Waals surface area (Å²) in [6, 6.07) is 0.333. The first-order chi connectivity index (χ1) is 8.68. The first-order valence-electron chi connectivity index (χ1n) is 4.61. The second-order valence-corrected chi connectivity index (χ2v) is 3.41. The number of nitro benzene ring substituents is 2. The molecule has 0 aromatic heterocycles. The zero-order valence-corrected chi connectivity index (χ0v) is 9.32. The summed E-state index contributed by atoms with van der Waals surface area (Å²) in [5, 5.41) is 39.1. The summed E-state index contributed by atoms with van der Waals surface area (Å²) in [7, 11) is 0.